The first-order valence-corrected chi connectivity index (χ1v) is 7.23. The number of anilines is 1. The van der Waals surface area contributed by atoms with Crippen LogP contribution in [-0.2, 0) is 6.54 Å². The third-order valence-corrected chi connectivity index (χ3v) is 4.30. The maximum absolute atomic E-state index is 4.31. The fourth-order valence-electron chi connectivity index (χ4n) is 2.91. The topological polar surface area (TPSA) is 28.2 Å². The molecule has 2 fully saturated rings. The van der Waals surface area contributed by atoms with E-state index in [4.69, 9.17) is 0 Å². The van der Waals surface area contributed by atoms with E-state index < -0.39 is 0 Å². The highest BCUT2D eigenvalue weighted by Gasteiger charge is 2.23. The van der Waals surface area contributed by atoms with E-state index in [1.54, 1.807) is 0 Å². The molecular weight excluding hydrogens is 222 g/mol. The molecule has 3 rings (SSSR count). The van der Waals surface area contributed by atoms with Crippen molar-refractivity contribution in [3.63, 3.8) is 0 Å². The van der Waals surface area contributed by atoms with Crippen LogP contribution in [0.3, 0.4) is 0 Å². The predicted molar refractivity (Wildman–Crippen MR) is 74.8 cm³/mol. The Morgan fingerprint density at radius 1 is 1.28 bits per heavy atom. The lowest BCUT2D eigenvalue weighted by Crippen LogP contribution is -2.30. The number of nitrogens with zero attached hydrogens (tertiary/aromatic N) is 2. The summed E-state index contributed by atoms with van der Waals surface area (Å²) < 4.78 is 0. The number of hydrogen-bond donors (Lipinski definition) is 1. The van der Waals surface area contributed by atoms with Crippen LogP contribution >= 0.6 is 0 Å². The molecule has 0 spiro atoms. The molecule has 2 aliphatic rings. The zero-order valence-electron chi connectivity index (χ0n) is 11.2. The Morgan fingerprint density at radius 2 is 2.06 bits per heavy atom. The standard InChI is InChI=1S/C15H23N3/c1-18(14-4-2-3-5-14)15-11-16-9-8-12(15)10-17-13-6-7-13/h8-9,11,13-14,17H,2-7,10H2,1H3. The molecular formula is C15H23N3. The predicted octanol–water partition coefficient (Wildman–Crippen LogP) is 2.71. The molecule has 18 heavy (non-hydrogen) atoms. The lowest BCUT2D eigenvalue weighted by atomic mass is 10.1. The van der Waals surface area contributed by atoms with Crippen LogP contribution < -0.4 is 10.2 Å². The maximum Gasteiger partial charge on any atom is 0.0598 e. The van der Waals surface area contributed by atoms with E-state index in [0.29, 0.717) is 6.04 Å². The Labute approximate surface area is 110 Å². The van der Waals surface area contributed by atoms with Crippen molar-refractivity contribution in [1.29, 1.82) is 0 Å². The Kier molecular flexibility index (Phi) is 3.50. The minimum atomic E-state index is 0.717. The van der Waals surface area contributed by atoms with E-state index in [0.717, 1.165) is 12.6 Å². The van der Waals surface area contributed by atoms with Gasteiger partial charge in [0.05, 0.1) is 11.9 Å². The van der Waals surface area contributed by atoms with Gasteiger partial charge in [-0.3, -0.25) is 4.98 Å². The first-order valence-electron chi connectivity index (χ1n) is 7.23. The number of pyridine rings is 1. The summed E-state index contributed by atoms with van der Waals surface area (Å²) in [5.41, 5.74) is 2.71. The summed E-state index contributed by atoms with van der Waals surface area (Å²) in [6.45, 7) is 0.986. The maximum atomic E-state index is 4.31. The van der Waals surface area contributed by atoms with Gasteiger partial charge in [-0.15, -0.1) is 0 Å². The van der Waals surface area contributed by atoms with Gasteiger partial charge in [0.2, 0.25) is 0 Å². The van der Waals surface area contributed by atoms with Crippen LogP contribution in [0, 0.1) is 0 Å². The lowest BCUT2D eigenvalue weighted by Gasteiger charge is -2.28. The van der Waals surface area contributed by atoms with Crippen molar-refractivity contribution in [3.8, 4) is 0 Å². The summed E-state index contributed by atoms with van der Waals surface area (Å²) in [6, 6.07) is 3.65. The third kappa shape index (κ3) is 2.66. The van der Waals surface area contributed by atoms with Crippen molar-refractivity contribution >= 4 is 5.69 Å². The molecule has 1 heterocycles. The summed E-state index contributed by atoms with van der Waals surface area (Å²) in [6.07, 6.45) is 12.1. The fraction of sp³-hybridized carbons (Fsp3) is 0.667. The number of hydrogen-bond acceptors (Lipinski definition) is 3. The van der Waals surface area contributed by atoms with Crippen LogP contribution in [0.1, 0.15) is 44.1 Å². The van der Waals surface area contributed by atoms with Gasteiger partial charge in [-0.05, 0) is 37.3 Å². The van der Waals surface area contributed by atoms with Crippen LogP contribution in [0.5, 0.6) is 0 Å². The van der Waals surface area contributed by atoms with Crippen molar-refractivity contribution < 1.29 is 0 Å². The van der Waals surface area contributed by atoms with Crippen LogP contribution in [-0.4, -0.2) is 24.1 Å². The summed E-state index contributed by atoms with van der Waals surface area (Å²) in [4.78, 5) is 6.76. The van der Waals surface area contributed by atoms with Crippen molar-refractivity contribution in [1.82, 2.24) is 10.3 Å². The summed E-state index contributed by atoms with van der Waals surface area (Å²) in [7, 11) is 2.23. The minimum Gasteiger partial charge on any atom is -0.370 e. The Balaban J connectivity index is 1.71. The van der Waals surface area contributed by atoms with Gasteiger partial charge in [0.15, 0.2) is 0 Å². The molecule has 0 saturated heterocycles. The number of rotatable bonds is 5. The molecule has 3 nitrogen and oxygen atoms in total. The second-order valence-electron chi connectivity index (χ2n) is 5.71. The molecule has 1 aromatic rings. The monoisotopic (exact) mass is 245 g/mol. The smallest absolute Gasteiger partial charge is 0.0598 e. The van der Waals surface area contributed by atoms with E-state index in [9.17, 15) is 0 Å². The molecule has 98 valence electrons. The summed E-state index contributed by atoms with van der Waals surface area (Å²) in [5.74, 6) is 0. The van der Waals surface area contributed by atoms with Gasteiger partial charge in [-0.1, -0.05) is 12.8 Å². The molecule has 2 saturated carbocycles. The largest absolute Gasteiger partial charge is 0.370 e. The normalized spacial score (nSPS) is 20.3. The molecule has 0 atom stereocenters. The zero-order chi connectivity index (χ0) is 12.4. The van der Waals surface area contributed by atoms with Crippen LogP contribution in [0.2, 0.25) is 0 Å². The third-order valence-electron chi connectivity index (χ3n) is 4.30. The molecule has 0 bridgehead atoms. The van der Waals surface area contributed by atoms with Gasteiger partial charge in [-0.2, -0.15) is 0 Å². The van der Waals surface area contributed by atoms with Crippen molar-refractivity contribution in [2.24, 2.45) is 0 Å². The lowest BCUT2D eigenvalue weighted by molar-refractivity contribution is 0.640. The van der Waals surface area contributed by atoms with E-state index >= 15 is 0 Å². The second kappa shape index (κ2) is 5.27. The zero-order valence-corrected chi connectivity index (χ0v) is 11.2. The van der Waals surface area contributed by atoms with Gasteiger partial charge >= 0.3 is 0 Å². The highest BCUT2D eigenvalue weighted by Crippen LogP contribution is 2.29. The van der Waals surface area contributed by atoms with Gasteiger partial charge < -0.3 is 10.2 Å². The molecule has 0 aliphatic heterocycles. The van der Waals surface area contributed by atoms with Crippen molar-refractivity contribution in [2.45, 2.75) is 57.2 Å². The van der Waals surface area contributed by atoms with Crippen molar-refractivity contribution in [2.75, 3.05) is 11.9 Å². The minimum absolute atomic E-state index is 0.717. The Morgan fingerprint density at radius 3 is 2.78 bits per heavy atom. The summed E-state index contributed by atoms with van der Waals surface area (Å²) >= 11 is 0. The first kappa shape index (κ1) is 12.0. The Bertz CT molecular complexity index is 394. The van der Waals surface area contributed by atoms with E-state index in [1.165, 1.54) is 49.8 Å². The second-order valence-corrected chi connectivity index (χ2v) is 5.71. The van der Waals surface area contributed by atoms with Gasteiger partial charge in [-0.25, -0.2) is 0 Å². The molecule has 0 amide bonds. The highest BCUT2D eigenvalue weighted by atomic mass is 15.1. The quantitative estimate of drug-likeness (QED) is 0.864. The molecule has 1 aromatic heterocycles. The van der Waals surface area contributed by atoms with Crippen LogP contribution in [0.25, 0.3) is 0 Å². The van der Waals surface area contributed by atoms with Gasteiger partial charge in [0.1, 0.15) is 0 Å². The number of nitrogens with one attached hydrogen (secondary N) is 1. The van der Waals surface area contributed by atoms with Crippen LogP contribution in [0.4, 0.5) is 5.69 Å². The fourth-order valence-corrected chi connectivity index (χ4v) is 2.91. The van der Waals surface area contributed by atoms with Gasteiger partial charge in [0.25, 0.3) is 0 Å². The molecule has 0 unspecified atom stereocenters. The van der Waals surface area contributed by atoms with Crippen molar-refractivity contribution in [3.05, 3.63) is 24.0 Å². The van der Waals surface area contributed by atoms with E-state index in [1.807, 2.05) is 12.4 Å². The highest BCUT2D eigenvalue weighted by molar-refractivity contribution is 5.52. The molecule has 3 heteroatoms. The Hall–Kier alpha value is -1.09. The average Bonchev–Trinajstić information content (AvgIpc) is 3.08. The number of aromatic nitrogens is 1. The summed E-state index contributed by atoms with van der Waals surface area (Å²) in [5, 5.41) is 3.60. The van der Waals surface area contributed by atoms with E-state index in [-0.39, 0.29) is 0 Å². The molecule has 2 aliphatic carbocycles. The van der Waals surface area contributed by atoms with Gasteiger partial charge in [0, 0.05) is 31.9 Å². The average molecular weight is 245 g/mol. The SMILES string of the molecule is CN(c1cnccc1CNC1CC1)C1CCCC1. The molecule has 1 N–H and O–H groups in total. The van der Waals surface area contributed by atoms with Crippen LogP contribution in [0.15, 0.2) is 18.5 Å². The molecule has 0 aromatic carbocycles. The van der Waals surface area contributed by atoms with E-state index in [2.05, 4.69) is 28.3 Å². The first-order chi connectivity index (χ1) is 8.84. The molecule has 0 radical (unpaired) electrons.